The number of carbonyl (C=O) groups is 2. The quantitative estimate of drug-likeness (QED) is 0.541. The van der Waals surface area contributed by atoms with Gasteiger partial charge in [-0.1, -0.05) is 31.9 Å². The molecule has 2 aromatic carbocycles. The van der Waals surface area contributed by atoms with Gasteiger partial charge in [-0.05, 0) is 48.9 Å². The van der Waals surface area contributed by atoms with Crippen molar-refractivity contribution in [2.24, 2.45) is 5.73 Å². The molecule has 1 heterocycles. The van der Waals surface area contributed by atoms with Gasteiger partial charge in [0.25, 0.3) is 11.8 Å². The van der Waals surface area contributed by atoms with Crippen molar-refractivity contribution >= 4 is 17.5 Å². The number of amides is 2. The van der Waals surface area contributed by atoms with Crippen LogP contribution in [-0.2, 0) is 0 Å². The smallest absolute Gasteiger partial charge is 0.269 e. The molecule has 0 bridgehead atoms. The molecule has 29 heavy (non-hydrogen) atoms. The van der Waals surface area contributed by atoms with Gasteiger partial charge >= 0.3 is 0 Å². The maximum atomic E-state index is 12.7. The van der Waals surface area contributed by atoms with E-state index in [-0.39, 0.29) is 11.6 Å². The number of hydrogen-bond donors (Lipinski definition) is 2. The van der Waals surface area contributed by atoms with E-state index in [1.54, 1.807) is 42.6 Å². The summed E-state index contributed by atoms with van der Waals surface area (Å²) in [7, 11) is 0. The van der Waals surface area contributed by atoms with E-state index >= 15 is 0 Å². The Morgan fingerprint density at radius 1 is 1.07 bits per heavy atom. The summed E-state index contributed by atoms with van der Waals surface area (Å²) in [5, 5.41) is 7.03. The highest BCUT2D eigenvalue weighted by Gasteiger charge is 2.12. The zero-order valence-corrected chi connectivity index (χ0v) is 16.3. The molecule has 0 aliphatic rings. The third-order valence-corrected chi connectivity index (χ3v) is 4.37. The summed E-state index contributed by atoms with van der Waals surface area (Å²) in [4.78, 5) is 24.0. The Morgan fingerprint density at radius 2 is 1.83 bits per heavy atom. The van der Waals surface area contributed by atoms with Crippen molar-refractivity contribution in [1.82, 2.24) is 9.78 Å². The van der Waals surface area contributed by atoms with Crippen molar-refractivity contribution in [3.05, 3.63) is 72.1 Å². The number of aromatic nitrogens is 2. The van der Waals surface area contributed by atoms with E-state index in [0.29, 0.717) is 23.5 Å². The first-order chi connectivity index (χ1) is 14.1. The molecule has 0 radical (unpaired) electrons. The first-order valence-corrected chi connectivity index (χ1v) is 9.57. The molecule has 0 fully saturated rings. The zero-order chi connectivity index (χ0) is 20.6. The topological polar surface area (TPSA) is 99.2 Å². The van der Waals surface area contributed by atoms with Crippen LogP contribution in [0.15, 0.2) is 60.8 Å². The van der Waals surface area contributed by atoms with Gasteiger partial charge in [0, 0.05) is 11.8 Å². The van der Waals surface area contributed by atoms with Crippen molar-refractivity contribution in [2.45, 2.75) is 26.2 Å². The molecule has 0 aliphatic heterocycles. The Kier molecular flexibility index (Phi) is 6.63. The SMILES string of the molecule is CCCCCOc1ccc(C(=O)Nc2ccccc2-n2ccc(C(N)=O)n2)cc1. The molecular weight excluding hydrogens is 368 g/mol. The third kappa shape index (κ3) is 5.22. The molecule has 150 valence electrons. The number of nitrogens with zero attached hydrogens (tertiary/aromatic N) is 2. The molecule has 2 amide bonds. The molecule has 0 aliphatic carbocycles. The Labute approximate surface area is 169 Å². The normalized spacial score (nSPS) is 10.5. The summed E-state index contributed by atoms with van der Waals surface area (Å²) >= 11 is 0. The summed E-state index contributed by atoms with van der Waals surface area (Å²) in [6.45, 7) is 2.82. The molecule has 0 saturated heterocycles. The highest BCUT2D eigenvalue weighted by molar-refractivity contribution is 6.05. The van der Waals surface area contributed by atoms with Crippen molar-refractivity contribution in [1.29, 1.82) is 0 Å². The summed E-state index contributed by atoms with van der Waals surface area (Å²) in [6.07, 6.45) is 4.92. The summed E-state index contributed by atoms with van der Waals surface area (Å²) in [5.74, 6) is -0.117. The molecule has 3 aromatic rings. The second kappa shape index (κ2) is 9.54. The lowest BCUT2D eigenvalue weighted by Gasteiger charge is -2.11. The second-order valence-corrected chi connectivity index (χ2v) is 6.56. The van der Waals surface area contributed by atoms with E-state index in [4.69, 9.17) is 10.5 Å². The number of ether oxygens (including phenoxy) is 1. The predicted molar refractivity (Wildman–Crippen MR) is 111 cm³/mol. The van der Waals surface area contributed by atoms with Gasteiger partial charge in [0.1, 0.15) is 11.4 Å². The van der Waals surface area contributed by atoms with Crippen molar-refractivity contribution in [3.63, 3.8) is 0 Å². The van der Waals surface area contributed by atoms with Crippen molar-refractivity contribution in [2.75, 3.05) is 11.9 Å². The number of rotatable bonds is 9. The average molecular weight is 392 g/mol. The van der Waals surface area contributed by atoms with Crippen LogP contribution in [0.25, 0.3) is 5.69 Å². The van der Waals surface area contributed by atoms with Crippen LogP contribution in [0.4, 0.5) is 5.69 Å². The van der Waals surface area contributed by atoms with E-state index in [1.165, 1.54) is 10.7 Å². The molecule has 0 spiro atoms. The lowest BCUT2D eigenvalue weighted by Crippen LogP contribution is -2.15. The minimum absolute atomic E-state index is 0.153. The Bertz CT molecular complexity index is 980. The largest absolute Gasteiger partial charge is 0.494 e. The summed E-state index contributed by atoms with van der Waals surface area (Å²) in [6, 6.07) is 15.8. The van der Waals surface area contributed by atoms with Gasteiger partial charge in [0.2, 0.25) is 0 Å². The van der Waals surface area contributed by atoms with Gasteiger partial charge in [-0.15, -0.1) is 0 Å². The van der Waals surface area contributed by atoms with E-state index in [0.717, 1.165) is 25.0 Å². The maximum absolute atomic E-state index is 12.7. The minimum Gasteiger partial charge on any atom is -0.494 e. The van der Waals surface area contributed by atoms with Crippen molar-refractivity contribution < 1.29 is 14.3 Å². The number of unbranched alkanes of at least 4 members (excludes halogenated alkanes) is 2. The predicted octanol–water partition coefficient (Wildman–Crippen LogP) is 3.79. The van der Waals surface area contributed by atoms with Crippen LogP contribution in [-0.4, -0.2) is 28.2 Å². The molecule has 3 rings (SSSR count). The molecule has 7 nitrogen and oxygen atoms in total. The van der Waals surface area contributed by atoms with Crippen LogP contribution in [0.5, 0.6) is 5.75 Å². The van der Waals surface area contributed by atoms with E-state index < -0.39 is 5.91 Å². The summed E-state index contributed by atoms with van der Waals surface area (Å²) in [5.41, 5.74) is 7.12. The summed E-state index contributed by atoms with van der Waals surface area (Å²) < 4.78 is 7.18. The standard InChI is InChI=1S/C22H24N4O3/c1-2-3-6-15-29-17-11-9-16(10-12-17)22(28)24-18-7-4-5-8-20(18)26-14-13-19(25-26)21(23)27/h4-5,7-14H,2-3,6,15H2,1H3,(H2,23,27)(H,24,28). The lowest BCUT2D eigenvalue weighted by atomic mass is 10.2. The third-order valence-electron chi connectivity index (χ3n) is 4.37. The molecule has 1 aromatic heterocycles. The molecule has 3 N–H and O–H groups in total. The highest BCUT2D eigenvalue weighted by atomic mass is 16.5. The van der Waals surface area contributed by atoms with Gasteiger partial charge < -0.3 is 15.8 Å². The molecule has 0 unspecified atom stereocenters. The fourth-order valence-electron chi connectivity index (χ4n) is 2.81. The molecule has 0 saturated carbocycles. The number of nitrogens with one attached hydrogen (secondary N) is 1. The fraction of sp³-hybridized carbons (Fsp3) is 0.227. The van der Waals surface area contributed by atoms with Gasteiger partial charge in [-0.3, -0.25) is 9.59 Å². The fourth-order valence-corrected chi connectivity index (χ4v) is 2.81. The number of primary amides is 1. The minimum atomic E-state index is -0.609. The Balaban J connectivity index is 1.70. The lowest BCUT2D eigenvalue weighted by molar-refractivity contribution is 0.0992. The number of hydrogen-bond acceptors (Lipinski definition) is 4. The Hall–Kier alpha value is -3.61. The van der Waals surface area contributed by atoms with E-state index in [9.17, 15) is 9.59 Å². The van der Waals surface area contributed by atoms with Crippen LogP contribution in [0, 0.1) is 0 Å². The Morgan fingerprint density at radius 3 is 2.52 bits per heavy atom. The van der Waals surface area contributed by atoms with E-state index in [2.05, 4.69) is 17.3 Å². The highest BCUT2D eigenvalue weighted by Crippen LogP contribution is 2.21. The maximum Gasteiger partial charge on any atom is 0.269 e. The molecule has 0 atom stereocenters. The van der Waals surface area contributed by atoms with Crippen LogP contribution in [0.1, 0.15) is 47.0 Å². The van der Waals surface area contributed by atoms with Crippen molar-refractivity contribution in [3.8, 4) is 11.4 Å². The number of nitrogens with two attached hydrogens (primary N) is 1. The first-order valence-electron chi connectivity index (χ1n) is 9.57. The molecular formula is C22H24N4O3. The van der Waals surface area contributed by atoms with Crippen LogP contribution >= 0.6 is 0 Å². The van der Waals surface area contributed by atoms with Gasteiger partial charge in [-0.25, -0.2) is 4.68 Å². The zero-order valence-electron chi connectivity index (χ0n) is 16.3. The van der Waals surface area contributed by atoms with Crippen LogP contribution in [0.3, 0.4) is 0 Å². The molecule has 7 heteroatoms. The van der Waals surface area contributed by atoms with E-state index in [1.807, 2.05) is 12.1 Å². The van der Waals surface area contributed by atoms with Gasteiger partial charge in [0.05, 0.1) is 18.0 Å². The van der Waals surface area contributed by atoms with Crippen LogP contribution in [0.2, 0.25) is 0 Å². The number of benzene rings is 2. The monoisotopic (exact) mass is 392 g/mol. The second-order valence-electron chi connectivity index (χ2n) is 6.56. The number of anilines is 1. The number of carbonyl (C=O) groups excluding carboxylic acids is 2. The van der Waals surface area contributed by atoms with Gasteiger partial charge in [-0.2, -0.15) is 5.10 Å². The van der Waals surface area contributed by atoms with Crippen LogP contribution < -0.4 is 15.8 Å². The average Bonchev–Trinajstić information content (AvgIpc) is 3.22. The number of para-hydroxylation sites is 2. The first kappa shape index (κ1) is 20.1. The van der Waals surface area contributed by atoms with Gasteiger partial charge in [0.15, 0.2) is 0 Å².